The van der Waals surface area contributed by atoms with Crippen molar-refractivity contribution in [3.05, 3.63) is 68.6 Å². The van der Waals surface area contributed by atoms with Gasteiger partial charge >= 0.3 is 11.9 Å². The van der Waals surface area contributed by atoms with Gasteiger partial charge in [0.1, 0.15) is 12.4 Å². The SMILES string of the molecule is COC(=O)C1=C(C)NC(C)=C(C(=O)OC)C1c1cc([N+](=O)[O-])ccc1OCC=CCCl. The summed E-state index contributed by atoms with van der Waals surface area (Å²) < 4.78 is 15.6. The van der Waals surface area contributed by atoms with E-state index in [2.05, 4.69) is 5.32 Å². The van der Waals surface area contributed by atoms with Crippen LogP contribution < -0.4 is 10.1 Å². The van der Waals surface area contributed by atoms with Gasteiger partial charge < -0.3 is 19.5 Å². The number of halogens is 1. The normalized spacial score (nSPS) is 14.5. The highest BCUT2D eigenvalue weighted by Crippen LogP contribution is 2.43. The average molecular weight is 451 g/mol. The molecular weight excluding hydrogens is 428 g/mol. The minimum absolute atomic E-state index is 0.121. The summed E-state index contributed by atoms with van der Waals surface area (Å²) in [4.78, 5) is 36.2. The Morgan fingerprint density at radius 2 is 1.71 bits per heavy atom. The van der Waals surface area contributed by atoms with Crippen molar-refractivity contribution in [3.8, 4) is 5.75 Å². The number of carbonyl (C=O) groups excluding carboxylic acids is 2. The molecule has 0 fully saturated rings. The Labute approximate surface area is 184 Å². The predicted molar refractivity (Wildman–Crippen MR) is 114 cm³/mol. The van der Waals surface area contributed by atoms with Crippen LogP contribution in [0.15, 0.2) is 52.9 Å². The van der Waals surface area contributed by atoms with Crippen LogP contribution in [0.3, 0.4) is 0 Å². The van der Waals surface area contributed by atoms with Crippen LogP contribution in [0.5, 0.6) is 5.75 Å². The highest BCUT2D eigenvalue weighted by molar-refractivity contribution is 6.18. The molecule has 1 heterocycles. The number of methoxy groups -OCH3 is 2. The van der Waals surface area contributed by atoms with Crippen molar-refractivity contribution in [2.75, 3.05) is 26.7 Å². The molecule has 1 N–H and O–H groups in total. The van der Waals surface area contributed by atoms with E-state index in [0.29, 0.717) is 17.3 Å². The van der Waals surface area contributed by atoms with Gasteiger partial charge in [-0.2, -0.15) is 0 Å². The second-order valence-electron chi connectivity index (χ2n) is 6.53. The maximum absolute atomic E-state index is 12.7. The van der Waals surface area contributed by atoms with E-state index in [1.165, 1.54) is 32.4 Å². The molecule has 31 heavy (non-hydrogen) atoms. The summed E-state index contributed by atoms with van der Waals surface area (Å²) in [5.41, 5.74) is 1.17. The number of nitrogens with one attached hydrogen (secondary N) is 1. The molecule has 1 aromatic carbocycles. The average Bonchev–Trinajstić information content (AvgIpc) is 2.75. The first kappa shape index (κ1) is 23.9. The Hall–Kier alpha value is -3.33. The molecule has 0 saturated heterocycles. The molecule has 0 aromatic heterocycles. The Morgan fingerprint density at radius 3 is 2.19 bits per heavy atom. The number of dihydropyridines is 1. The number of carbonyl (C=O) groups is 2. The van der Waals surface area contributed by atoms with Crippen molar-refractivity contribution in [1.82, 2.24) is 5.32 Å². The van der Waals surface area contributed by atoms with Gasteiger partial charge in [0, 0.05) is 35.0 Å². The Bertz CT molecular complexity index is 944. The van der Waals surface area contributed by atoms with Crippen LogP contribution in [0.4, 0.5) is 5.69 Å². The molecule has 0 aliphatic carbocycles. The van der Waals surface area contributed by atoms with E-state index in [1.807, 2.05) is 0 Å². The van der Waals surface area contributed by atoms with E-state index >= 15 is 0 Å². The fourth-order valence-electron chi connectivity index (χ4n) is 3.34. The van der Waals surface area contributed by atoms with E-state index < -0.39 is 22.8 Å². The van der Waals surface area contributed by atoms with Crippen LogP contribution in [-0.2, 0) is 19.1 Å². The van der Waals surface area contributed by atoms with Crippen molar-refractivity contribution in [3.63, 3.8) is 0 Å². The molecule has 1 aliphatic rings. The molecule has 0 radical (unpaired) electrons. The molecule has 9 nitrogen and oxygen atoms in total. The van der Waals surface area contributed by atoms with Crippen LogP contribution in [-0.4, -0.2) is 43.6 Å². The Balaban J connectivity index is 2.77. The van der Waals surface area contributed by atoms with Gasteiger partial charge in [0.2, 0.25) is 0 Å². The summed E-state index contributed by atoms with van der Waals surface area (Å²) in [5.74, 6) is -1.83. The monoisotopic (exact) mass is 450 g/mol. The quantitative estimate of drug-likeness (QED) is 0.211. The number of esters is 2. The summed E-state index contributed by atoms with van der Waals surface area (Å²) in [5, 5.41) is 14.4. The summed E-state index contributed by atoms with van der Waals surface area (Å²) in [6.07, 6.45) is 3.37. The van der Waals surface area contributed by atoms with Gasteiger partial charge in [-0.05, 0) is 19.9 Å². The molecule has 0 unspecified atom stereocenters. The summed E-state index contributed by atoms with van der Waals surface area (Å²) in [6.45, 7) is 3.44. The zero-order valence-electron chi connectivity index (χ0n) is 17.6. The minimum Gasteiger partial charge on any atom is -0.489 e. The number of nitrogens with zero attached hydrogens (tertiary/aromatic N) is 1. The van der Waals surface area contributed by atoms with E-state index in [9.17, 15) is 19.7 Å². The number of nitro groups is 1. The van der Waals surface area contributed by atoms with Gasteiger partial charge in [0.05, 0.1) is 36.2 Å². The lowest BCUT2D eigenvalue weighted by Gasteiger charge is -2.30. The van der Waals surface area contributed by atoms with Crippen LogP contribution in [0.1, 0.15) is 25.3 Å². The third-order valence-electron chi connectivity index (χ3n) is 4.68. The van der Waals surface area contributed by atoms with E-state index in [0.717, 1.165) is 0 Å². The number of nitro benzene ring substituents is 1. The zero-order valence-corrected chi connectivity index (χ0v) is 18.3. The molecular formula is C21H23ClN2O7. The van der Waals surface area contributed by atoms with E-state index in [4.69, 9.17) is 25.8 Å². The fraction of sp³-hybridized carbons (Fsp3) is 0.333. The number of hydrogen-bond acceptors (Lipinski definition) is 8. The van der Waals surface area contributed by atoms with Crippen LogP contribution >= 0.6 is 11.6 Å². The third-order valence-corrected chi connectivity index (χ3v) is 4.86. The fourth-order valence-corrected chi connectivity index (χ4v) is 3.47. The largest absolute Gasteiger partial charge is 0.489 e. The van der Waals surface area contributed by atoms with Gasteiger partial charge in [-0.3, -0.25) is 10.1 Å². The van der Waals surface area contributed by atoms with Gasteiger partial charge in [0.25, 0.3) is 5.69 Å². The minimum atomic E-state index is -1.01. The number of alkyl halides is 1. The highest BCUT2D eigenvalue weighted by Gasteiger charge is 2.39. The maximum atomic E-state index is 12.7. The van der Waals surface area contributed by atoms with Gasteiger partial charge in [-0.1, -0.05) is 12.2 Å². The Kier molecular flexibility index (Phi) is 8.21. The van der Waals surface area contributed by atoms with Crippen molar-refractivity contribution >= 4 is 29.2 Å². The molecule has 10 heteroatoms. The number of allylic oxidation sites excluding steroid dienone is 3. The van der Waals surface area contributed by atoms with Gasteiger partial charge in [-0.25, -0.2) is 9.59 Å². The lowest BCUT2D eigenvalue weighted by Crippen LogP contribution is -2.32. The van der Waals surface area contributed by atoms with Crippen molar-refractivity contribution in [2.45, 2.75) is 19.8 Å². The first-order valence-electron chi connectivity index (χ1n) is 9.24. The van der Waals surface area contributed by atoms with Crippen LogP contribution in [0, 0.1) is 10.1 Å². The molecule has 2 rings (SSSR count). The number of rotatable bonds is 8. The topological polar surface area (TPSA) is 117 Å². The lowest BCUT2D eigenvalue weighted by molar-refractivity contribution is -0.384. The number of benzene rings is 1. The number of non-ortho nitro benzene ring substituents is 1. The van der Waals surface area contributed by atoms with Gasteiger partial charge in [-0.15, -0.1) is 11.6 Å². The van der Waals surface area contributed by atoms with Crippen molar-refractivity contribution in [1.29, 1.82) is 0 Å². The molecule has 0 saturated carbocycles. The molecule has 1 aliphatic heterocycles. The van der Waals surface area contributed by atoms with Crippen LogP contribution in [0.25, 0.3) is 0 Å². The molecule has 0 bridgehead atoms. The van der Waals surface area contributed by atoms with Crippen molar-refractivity contribution < 1.29 is 28.7 Å². The first-order valence-corrected chi connectivity index (χ1v) is 9.77. The highest BCUT2D eigenvalue weighted by atomic mass is 35.5. The van der Waals surface area contributed by atoms with Crippen LogP contribution in [0.2, 0.25) is 0 Å². The maximum Gasteiger partial charge on any atom is 0.336 e. The summed E-state index contributed by atoms with van der Waals surface area (Å²) in [7, 11) is 2.43. The lowest BCUT2D eigenvalue weighted by atomic mass is 9.80. The second kappa shape index (κ2) is 10.6. The molecule has 0 amide bonds. The molecule has 166 valence electrons. The standard InChI is InChI=1S/C21H23ClN2O7/c1-12-17(20(25)29-3)19(18(13(2)23-12)21(26)30-4)15-11-14(24(27)28)7-8-16(15)31-10-6-5-9-22/h5-8,11,19,23H,9-10H2,1-4H3. The number of ether oxygens (including phenoxy) is 3. The molecule has 0 spiro atoms. The first-order chi connectivity index (χ1) is 14.8. The Morgan fingerprint density at radius 1 is 1.13 bits per heavy atom. The van der Waals surface area contributed by atoms with Crippen molar-refractivity contribution in [2.24, 2.45) is 0 Å². The zero-order chi connectivity index (χ0) is 23.1. The smallest absolute Gasteiger partial charge is 0.336 e. The number of hydrogen-bond donors (Lipinski definition) is 1. The van der Waals surface area contributed by atoms with Gasteiger partial charge in [0.15, 0.2) is 0 Å². The summed E-state index contributed by atoms with van der Waals surface area (Å²) in [6, 6.07) is 4.00. The third kappa shape index (κ3) is 5.24. The van der Waals surface area contributed by atoms with E-state index in [1.54, 1.807) is 26.0 Å². The molecule has 0 atom stereocenters. The van der Waals surface area contributed by atoms with E-state index in [-0.39, 0.29) is 34.8 Å². The molecule has 1 aromatic rings. The second-order valence-corrected chi connectivity index (χ2v) is 6.84. The summed E-state index contributed by atoms with van der Waals surface area (Å²) >= 11 is 5.62. The predicted octanol–water partition coefficient (Wildman–Crippen LogP) is 3.35.